The molecule has 0 bridgehead atoms. The van der Waals surface area contributed by atoms with Crippen molar-refractivity contribution in [2.75, 3.05) is 52.7 Å². The predicted molar refractivity (Wildman–Crippen MR) is 157 cm³/mol. The first-order chi connectivity index (χ1) is 19.6. The number of amides is 2. The zero-order valence-electron chi connectivity index (χ0n) is 24.9. The van der Waals surface area contributed by atoms with Gasteiger partial charge < -0.3 is 19.1 Å². The Balaban J connectivity index is 1.41. The molecule has 0 saturated carbocycles. The number of hydrogen-bond donors (Lipinski definition) is 0. The summed E-state index contributed by atoms with van der Waals surface area (Å²) in [7, 11) is 0. The van der Waals surface area contributed by atoms with Crippen LogP contribution in [0.4, 0.5) is 0 Å². The number of morpholine rings is 1. The first-order valence-electron chi connectivity index (χ1n) is 14.5. The lowest BCUT2D eigenvalue weighted by Gasteiger charge is -2.32. The van der Waals surface area contributed by atoms with Gasteiger partial charge in [0, 0.05) is 39.0 Å². The molecule has 0 aliphatic carbocycles. The van der Waals surface area contributed by atoms with Gasteiger partial charge in [-0.15, -0.1) is 0 Å². The highest BCUT2D eigenvalue weighted by Gasteiger charge is 2.36. The van der Waals surface area contributed by atoms with Crippen LogP contribution in [0.2, 0.25) is 0 Å². The van der Waals surface area contributed by atoms with E-state index in [1.807, 2.05) is 39.0 Å². The predicted octanol–water partition coefficient (Wildman–Crippen LogP) is 4.31. The van der Waals surface area contributed by atoms with Gasteiger partial charge in [-0.3, -0.25) is 14.5 Å². The SMILES string of the molecule is Cc1ccc(C2=NN(C(=O)CN(CCN3CCOCC3)C(=O)CC(C)(C)C)[C@@H](c3ccc4c(c3)OCO4)C2)cc1C. The van der Waals surface area contributed by atoms with E-state index in [2.05, 4.69) is 36.9 Å². The van der Waals surface area contributed by atoms with Crippen molar-refractivity contribution in [3.63, 3.8) is 0 Å². The van der Waals surface area contributed by atoms with Crippen LogP contribution < -0.4 is 9.47 Å². The molecular weight excluding hydrogens is 520 g/mol. The number of rotatable bonds is 8. The van der Waals surface area contributed by atoms with Crippen LogP contribution in [0.3, 0.4) is 0 Å². The number of carbonyl (C=O) groups is 2. The Morgan fingerprint density at radius 3 is 2.49 bits per heavy atom. The summed E-state index contributed by atoms with van der Waals surface area (Å²) in [4.78, 5) is 31.5. The quantitative estimate of drug-likeness (QED) is 0.477. The largest absolute Gasteiger partial charge is 0.454 e. The fourth-order valence-corrected chi connectivity index (χ4v) is 5.40. The average Bonchev–Trinajstić information content (AvgIpc) is 3.59. The third-order valence-corrected chi connectivity index (χ3v) is 7.94. The monoisotopic (exact) mass is 562 g/mol. The smallest absolute Gasteiger partial charge is 0.262 e. The summed E-state index contributed by atoms with van der Waals surface area (Å²) >= 11 is 0. The van der Waals surface area contributed by atoms with Crippen LogP contribution in [0.15, 0.2) is 41.5 Å². The van der Waals surface area contributed by atoms with E-state index in [-0.39, 0.29) is 36.6 Å². The van der Waals surface area contributed by atoms with Crippen molar-refractivity contribution in [2.24, 2.45) is 10.5 Å². The lowest BCUT2D eigenvalue weighted by molar-refractivity contribution is -0.142. The number of carbonyl (C=O) groups excluding carboxylic acids is 2. The van der Waals surface area contributed by atoms with Gasteiger partial charge >= 0.3 is 0 Å². The van der Waals surface area contributed by atoms with Crippen molar-refractivity contribution >= 4 is 17.5 Å². The second-order valence-electron chi connectivity index (χ2n) is 12.4. The summed E-state index contributed by atoms with van der Waals surface area (Å²) in [5.74, 6) is 1.15. The minimum Gasteiger partial charge on any atom is -0.454 e. The first kappa shape index (κ1) is 29.1. The topological polar surface area (TPSA) is 83.9 Å². The molecule has 9 nitrogen and oxygen atoms in total. The van der Waals surface area contributed by atoms with Crippen molar-refractivity contribution < 1.29 is 23.8 Å². The summed E-state index contributed by atoms with van der Waals surface area (Å²) < 4.78 is 16.6. The van der Waals surface area contributed by atoms with E-state index >= 15 is 0 Å². The second-order valence-corrected chi connectivity index (χ2v) is 12.4. The average molecular weight is 563 g/mol. The number of fused-ring (bicyclic) bond motifs is 1. The van der Waals surface area contributed by atoms with Gasteiger partial charge in [-0.25, -0.2) is 5.01 Å². The molecule has 41 heavy (non-hydrogen) atoms. The standard InChI is InChI=1S/C32H42N4O5/c1-22-6-7-24(16-23(22)2)26-18-27(25-8-9-28-29(17-25)41-21-40-28)36(33-26)31(38)20-35(30(37)19-32(3,4)5)11-10-34-12-14-39-15-13-34/h6-9,16-17,27H,10-15,18-21H2,1-5H3/t27-/m1/s1. The highest BCUT2D eigenvalue weighted by Crippen LogP contribution is 2.39. The molecule has 3 heterocycles. The van der Waals surface area contributed by atoms with E-state index in [0.717, 1.165) is 29.9 Å². The summed E-state index contributed by atoms with van der Waals surface area (Å²) in [5, 5.41) is 6.46. The van der Waals surface area contributed by atoms with E-state index < -0.39 is 0 Å². The van der Waals surface area contributed by atoms with Crippen LogP contribution in [0.5, 0.6) is 11.5 Å². The Labute approximate surface area is 243 Å². The molecule has 0 aromatic heterocycles. The van der Waals surface area contributed by atoms with E-state index in [1.54, 1.807) is 9.91 Å². The Morgan fingerprint density at radius 1 is 1.00 bits per heavy atom. The van der Waals surface area contributed by atoms with E-state index in [9.17, 15) is 9.59 Å². The lowest BCUT2D eigenvalue weighted by atomic mass is 9.91. The molecule has 2 aromatic rings. The van der Waals surface area contributed by atoms with Crippen LogP contribution in [-0.4, -0.2) is 85.1 Å². The minimum absolute atomic E-state index is 0.0173. The van der Waals surface area contributed by atoms with Crippen LogP contribution in [0.25, 0.3) is 0 Å². The molecule has 1 fully saturated rings. The minimum atomic E-state index is -0.313. The summed E-state index contributed by atoms with van der Waals surface area (Å²) in [6.07, 6.45) is 0.934. The molecule has 1 saturated heterocycles. The molecule has 2 aromatic carbocycles. The van der Waals surface area contributed by atoms with Crippen molar-refractivity contribution in [1.29, 1.82) is 0 Å². The van der Waals surface area contributed by atoms with Gasteiger partial charge in [0.1, 0.15) is 6.54 Å². The Bertz CT molecular complexity index is 1310. The number of aryl methyl sites for hydroxylation is 2. The second kappa shape index (κ2) is 12.2. The number of hydrogen-bond acceptors (Lipinski definition) is 7. The molecule has 3 aliphatic heterocycles. The number of hydrazone groups is 1. The van der Waals surface area contributed by atoms with Gasteiger partial charge in [0.15, 0.2) is 11.5 Å². The fourth-order valence-electron chi connectivity index (χ4n) is 5.40. The zero-order chi connectivity index (χ0) is 29.1. The van der Waals surface area contributed by atoms with Gasteiger partial charge in [-0.2, -0.15) is 5.10 Å². The van der Waals surface area contributed by atoms with Gasteiger partial charge in [0.05, 0.1) is 25.0 Å². The molecular formula is C32H42N4O5. The maximum Gasteiger partial charge on any atom is 0.262 e. The molecule has 5 rings (SSSR count). The highest BCUT2D eigenvalue weighted by atomic mass is 16.7. The molecule has 1 atom stereocenters. The van der Waals surface area contributed by atoms with Gasteiger partial charge in [0.25, 0.3) is 5.91 Å². The molecule has 9 heteroatoms. The third kappa shape index (κ3) is 7.08. The Morgan fingerprint density at radius 2 is 1.76 bits per heavy atom. The first-order valence-corrected chi connectivity index (χ1v) is 14.5. The fraction of sp³-hybridized carbons (Fsp3) is 0.531. The van der Waals surface area contributed by atoms with Gasteiger partial charge in [0.2, 0.25) is 12.7 Å². The van der Waals surface area contributed by atoms with Crippen LogP contribution >= 0.6 is 0 Å². The zero-order valence-corrected chi connectivity index (χ0v) is 24.9. The van der Waals surface area contributed by atoms with Crippen LogP contribution in [0.1, 0.15) is 61.9 Å². The lowest BCUT2D eigenvalue weighted by Crippen LogP contribution is -2.47. The summed E-state index contributed by atoms with van der Waals surface area (Å²) in [6.45, 7) is 14.7. The highest BCUT2D eigenvalue weighted by molar-refractivity contribution is 6.03. The Hall–Kier alpha value is -3.43. The van der Waals surface area contributed by atoms with E-state index in [1.165, 1.54) is 11.1 Å². The molecule has 0 radical (unpaired) electrons. The van der Waals surface area contributed by atoms with Crippen molar-refractivity contribution in [3.05, 3.63) is 58.7 Å². The third-order valence-electron chi connectivity index (χ3n) is 7.94. The Kier molecular flexibility index (Phi) is 8.66. The molecule has 0 N–H and O–H groups in total. The van der Waals surface area contributed by atoms with Crippen LogP contribution in [0, 0.1) is 19.3 Å². The molecule has 0 spiro atoms. The molecule has 3 aliphatic rings. The van der Waals surface area contributed by atoms with Crippen molar-refractivity contribution in [2.45, 2.75) is 53.5 Å². The molecule has 2 amide bonds. The maximum atomic E-state index is 14.0. The molecule has 0 unspecified atom stereocenters. The maximum absolute atomic E-state index is 14.0. The van der Waals surface area contributed by atoms with Crippen molar-refractivity contribution in [1.82, 2.24) is 14.8 Å². The number of nitrogens with zero attached hydrogens (tertiary/aromatic N) is 4. The summed E-state index contributed by atoms with van der Waals surface area (Å²) in [6, 6.07) is 11.8. The number of ether oxygens (including phenoxy) is 3. The number of benzene rings is 2. The summed E-state index contributed by atoms with van der Waals surface area (Å²) in [5.41, 5.74) is 4.98. The normalized spacial score (nSPS) is 18.9. The van der Waals surface area contributed by atoms with Gasteiger partial charge in [-0.1, -0.05) is 39.0 Å². The van der Waals surface area contributed by atoms with E-state index in [0.29, 0.717) is 50.6 Å². The van der Waals surface area contributed by atoms with Crippen LogP contribution in [-0.2, 0) is 14.3 Å². The molecule has 220 valence electrons. The van der Waals surface area contributed by atoms with Crippen molar-refractivity contribution in [3.8, 4) is 11.5 Å². The van der Waals surface area contributed by atoms with E-state index in [4.69, 9.17) is 19.3 Å². The van der Waals surface area contributed by atoms with Gasteiger partial charge in [-0.05, 0) is 59.7 Å².